The fourth-order valence-corrected chi connectivity index (χ4v) is 7.23. The van der Waals surface area contributed by atoms with E-state index in [4.69, 9.17) is 4.74 Å². The van der Waals surface area contributed by atoms with Gasteiger partial charge in [0.25, 0.3) is 0 Å². The van der Waals surface area contributed by atoms with E-state index in [1.165, 1.54) is 14.7 Å². The van der Waals surface area contributed by atoms with Crippen molar-refractivity contribution in [2.75, 3.05) is 39.4 Å². The van der Waals surface area contributed by atoms with Gasteiger partial charge in [0.2, 0.25) is 10.0 Å². The van der Waals surface area contributed by atoms with Crippen LogP contribution in [0.5, 0.6) is 0 Å². The standard InChI is InChI=1S/C25H29N3O4S2/c1-18-14-23(24(29)17-26-8-6-25-20(16-26)7-13-33-25)19(2)28(18)21-4-3-5-22(15-21)34(30,31)27-9-11-32-12-10-27/h3-5,7,13-15H,6,8-12,16-17H2,1-2H3. The third kappa shape index (κ3) is 4.38. The third-order valence-corrected chi connectivity index (χ3v) is 9.59. The minimum atomic E-state index is -3.60. The van der Waals surface area contributed by atoms with Crippen molar-refractivity contribution in [1.29, 1.82) is 0 Å². The van der Waals surface area contributed by atoms with Gasteiger partial charge in [-0.1, -0.05) is 6.07 Å². The average Bonchev–Trinajstić information content (AvgIpc) is 3.43. The number of thiophene rings is 1. The van der Waals surface area contributed by atoms with Gasteiger partial charge in [-0.05, 0) is 61.5 Å². The number of hydrogen-bond acceptors (Lipinski definition) is 6. The predicted molar refractivity (Wildman–Crippen MR) is 132 cm³/mol. The van der Waals surface area contributed by atoms with Crippen LogP contribution in [0.25, 0.3) is 5.69 Å². The molecule has 2 aliphatic rings. The number of aryl methyl sites for hydroxylation is 1. The van der Waals surface area contributed by atoms with Crippen molar-refractivity contribution in [3.05, 3.63) is 69.2 Å². The van der Waals surface area contributed by atoms with Crippen LogP contribution in [-0.4, -0.2) is 67.4 Å². The highest BCUT2D eigenvalue weighted by Gasteiger charge is 2.27. The first-order chi connectivity index (χ1) is 16.3. The van der Waals surface area contributed by atoms with Crippen LogP contribution >= 0.6 is 11.3 Å². The van der Waals surface area contributed by atoms with Crippen LogP contribution in [0.2, 0.25) is 0 Å². The van der Waals surface area contributed by atoms with Crippen LogP contribution in [0, 0.1) is 13.8 Å². The van der Waals surface area contributed by atoms with E-state index in [-0.39, 0.29) is 10.7 Å². The Hall–Kier alpha value is -2.30. The van der Waals surface area contributed by atoms with Crippen LogP contribution in [0.15, 0.2) is 46.7 Å². The number of ketones is 1. The number of hydrogen-bond donors (Lipinski definition) is 0. The molecule has 0 amide bonds. The highest BCUT2D eigenvalue weighted by Crippen LogP contribution is 2.27. The Labute approximate surface area is 204 Å². The second kappa shape index (κ2) is 9.39. The SMILES string of the molecule is Cc1cc(C(=O)CN2CCc3sccc3C2)c(C)n1-c1cccc(S(=O)(=O)N2CCOCC2)c1. The van der Waals surface area contributed by atoms with E-state index in [2.05, 4.69) is 16.3 Å². The number of Topliss-reactive ketones (excluding diaryl/α,β-unsaturated/α-hetero) is 1. The van der Waals surface area contributed by atoms with Gasteiger partial charge in [-0.25, -0.2) is 8.42 Å². The number of aromatic nitrogens is 1. The number of fused-ring (bicyclic) bond motifs is 1. The van der Waals surface area contributed by atoms with Gasteiger partial charge in [0.1, 0.15) is 0 Å². The normalized spacial score (nSPS) is 17.6. The summed E-state index contributed by atoms with van der Waals surface area (Å²) in [5, 5.41) is 2.12. The first-order valence-electron chi connectivity index (χ1n) is 11.5. The summed E-state index contributed by atoms with van der Waals surface area (Å²) in [5.74, 6) is 0.0927. The molecule has 1 fully saturated rings. The number of carbonyl (C=O) groups excluding carboxylic acids is 1. The van der Waals surface area contributed by atoms with Gasteiger partial charge >= 0.3 is 0 Å². The maximum atomic E-state index is 13.2. The molecule has 7 nitrogen and oxygen atoms in total. The van der Waals surface area contributed by atoms with Gasteiger partial charge in [0.15, 0.2) is 5.78 Å². The molecule has 1 saturated heterocycles. The van der Waals surface area contributed by atoms with Crippen LogP contribution in [-0.2, 0) is 27.7 Å². The smallest absolute Gasteiger partial charge is 0.243 e. The van der Waals surface area contributed by atoms with Gasteiger partial charge in [0, 0.05) is 53.7 Å². The zero-order chi connectivity index (χ0) is 23.9. The Morgan fingerprint density at radius 1 is 1.09 bits per heavy atom. The number of sulfonamides is 1. The second-order valence-corrected chi connectivity index (χ2v) is 11.8. The summed E-state index contributed by atoms with van der Waals surface area (Å²) in [4.78, 5) is 17.1. The van der Waals surface area contributed by atoms with Crippen LogP contribution < -0.4 is 0 Å². The maximum Gasteiger partial charge on any atom is 0.243 e. The number of nitrogens with zero attached hydrogens (tertiary/aromatic N) is 3. The lowest BCUT2D eigenvalue weighted by Crippen LogP contribution is -2.40. The van der Waals surface area contributed by atoms with Gasteiger partial charge in [0.05, 0.1) is 24.7 Å². The fourth-order valence-electron chi connectivity index (χ4n) is 4.89. The van der Waals surface area contributed by atoms with E-state index < -0.39 is 10.0 Å². The van der Waals surface area contributed by atoms with Crippen LogP contribution in [0.1, 0.15) is 32.2 Å². The quantitative estimate of drug-likeness (QED) is 0.486. The number of benzene rings is 1. The molecule has 2 aromatic heterocycles. The first-order valence-corrected chi connectivity index (χ1v) is 13.8. The number of carbonyl (C=O) groups is 1. The molecule has 180 valence electrons. The topological polar surface area (TPSA) is 71.9 Å². The summed E-state index contributed by atoms with van der Waals surface area (Å²) in [6, 6.07) is 11.0. The molecule has 0 N–H and O–H groups in total. The molecular formula is C25H29N3O4S2. The summed E-state index contributed by atoms with van der Waals surface area (Å²) >= 11 is 1.79. The number of morpholine rings is 1. The largest absolute Gasteiger partial charge is 0.379 e. The summed E-state index contributed by atoms with van der Waals surface area (Å²) < 4.78 is 35.0. The van der Waals surface area contributed by atoms with Gasteiger partial charge in [-0.3, -0.25) is 9.69 Å². The van der Waals surface area contributed by atoms with E-state index >= 15 is 0 Å². The van der Waals surface area contributed by atoms with Crippen LogP contribution in [0.4, 0.5) is 0 Å². The van der Waals surface area contributed by atoms with Crippen molar-refractivity contribution < 1.29 is 17.9 Å². The highest BCUT2D eigenvalue weighted by atomic mass is 32.2. The van der Waals surface area contributed by atoms with Gasteiger partial charge in [-0.15, -0.1) is 11.3 Å². The molecule has 2 aliphatic heterocycles. The zero-order valence-electron chi connectivity index (χ0n) is 19.5. The molecule has 0 radical (unpaired) electrons. The fraction of sp³-hybridized carbons (Fsp3) is 0.400. The Kier molecular flexibility index (Phi) is 6.47. The molecule has 0 aliphatic carbocycles. The molecule has 0 saturated carbocycles. The molecule has 9 heteroatoms. The second-order valence-electron chi connectivity index (χ2n) is 8.89. The summed E-state index contributed by atoms with van der Waals surface area (Å²) in [6.45, 7) is 7.49. The van der Waals surface area contributed by atoms with E-state index in [9.17, 15) is 13.2 Å². The van der Waals surface area contributed by atoms with Crippen molar-refractivity contribution in [3.63, 3.8) is 0 Å². The number of rotatable bonds is 6. The molecule has 3 aromatic rings. The molecule has 4 heterocycles. The lowest BCUT2D eigenvalue weighted by Gasteiger charge is -2.26. The molecular weight excluding hydrogens is 470 g/mol. The van der Waals surface area contributed by atoms with Crippen molar-refractivity contribution >= 4 is 27.1 Å². The molecule has 0 spiro atoms. The first kappa shape index (κ1) is 23.4. The monoisotopic (exact) mass is 499 g/mol. The summed E-state index contributed by atoms with van der Waals surface area (Å²) in [5.41, 5.74) is 4.49. The molecule has 34 heavy (non-hydrogen) atoms. The van der Waals surface area contributed by atoms with Crippen molar-refractivity contribution in [1.82, 2.24) is 13.8 Å². The lowest BCUT2D eigenvalue weighted by molar-refractivity contribution is 0.0730. The number of ether oxygens (including phenoxy) is 1. The Morgan fingerprint density at radius 2 is 1.88 bits per heavy atom. The molecule has 0 bridgehead atoms. The zero-order valence-corrected chi connectivity index (χ0v) is 21.1. The Morgan fingerprint density at radius 3 is 2.68 bits per heavy atom. The Bertz CT molecular complexity index is 1320. The highest BCUT2D eigenvalue weighted by molar-refractivity contribution is 7.89. The maximum absolute atomic E-state index is 13.2. The van der Waals surface area contributed by atoms with Crippen molar-refractivity contribution in [2.24, 2.45) is 0 Å². The van der Waals surface area contributed by atoms with E-state index in [1.54, 1.807) is 29.5 Å². The Balaban J connectivity index is 1.39. The van der Waals surface area contributed by atoms with Crippen molar-refractivity contribution in [3.8, 4) is 5.69 Å². The van der Waals surface area contributed by atoms with E-state index in [0.29, 0.717) is 38.4 Å². The summed E-state index contributed by atoms with van der Waals surface area (Å²) in [6.07, 6.45) is 0.990. The third-order valence-electron chi connectivity index (χ3n) is 6.67. The lowest BCUT2D eigenvalue weighted by atomic mass is 10.1. The van der Waals surface area contributed by atoms with Crippen molar-refractivity contribution in [2.45, 2.75) is 31.7 Å². The molecule has 0 unspecified atom stereocenters. The van der Waals surface area contributed by atoms with E-state index in [0.717, 1.165) is 36.6 Å². The van der Waals surface area contributed by atoms with Crippen LogP contribution in [0.3, 0.4) is 0 Å². The average molecular weight is 500 g/mol. The van der Waals surface area contributed by atoms with Gasteiger partial charge in [-0.2, -0.15) is 4.31 Å². The van der Waals surface area contributed by atoms with E-state index in [1.807, 2.05) is 30.5 Å². The molecule has 5 rings (SSSR count). The molecule has 1 aromatic carbocycles. The predicted octanol–water partition coefficient (Wildman–Crippen LogP) is 3.42. The minimum Gasteiger partial charge on any atom is -0.379 e. The van der Waals surface area contributed by atoms with Gasteiger partial charge < -0.3 is 9.30 Å². The molecule has 0 atom stereocenters. The summed E-state index contributed by atoms with van der Waals surface area (Å²) in [7, 11) is -3.60. The minimum absolute atomic E-state index is 0.0927.